The third-order valence-corrected chi connectivity index (χ3v) is 4.08. The summed E-state index contributed by atoms with van der Waals surface area (Å²) in [4.78, 5) is 0. The average molecular weight is 193 g/mol. The molecule has 0 spiro atoms. The molecule has 14 heavy (non-hydrogen) atoms. The van der Waals surface area contributed by atoms with Crippen molar-refractivity contribution in [3.63, 3.8) is 0 Å². The molecule has 2 fully saturated rings. The van der Waals surface area contributed by atoms with E-state index in [-0.39, 0.29) is 0 Å². The van der Waals surface area contributed by atoms with Gasteiger partial charge in [0, 0.05) is 18.7 Å². The number of hydrogen-bond donors (Lipinski definition) is 1. The van der Waals surface area contributed by atoms with Crippen LogP contribution in [-0.4, -0.2) is 24.8 Å². The van der Waals surface area contributed by atoms with E-state index >= 15 is 0 Å². The highest BCUT2D eigenvalue weighted by molar-refractivity contribution is 5.13. The second-order valence-electron chi connectivity index (χ2n) is 5.02. The minimum atomic E-state index is 0.415. The molecule has 3 rings (SSSR count). The summed E-state index contributed by atoms with van der Waals surface area (Å²) in [5.74, 6) is 1.68. The van der Waals surface area contributed by atoms with Gasteiger partial charge >= 0.3 is 0 Å². The van der Waals surface area contributed by atoms with E-state index in [1.54, 1.807) is 0 Å². The van der Waals surface area contributed by atoms with Crippen molar-refractivity contribution in [3.8, 4) is 0 Å². The molecule has 0 aromatic heterocycles. The van der Waals surface area contributed by atoms with Gasteiger partial charge in [-0.3, -0.25) is 0 Å². The van der Waals surface area contributed by atoms with Crippen LogP contribution < -0.4 is 5.32 Å². The van der Waals surface area contributed by atoms with E-state index in [9.17, 15) is 0 Å². The highest BCUT2D eigenvalue weighted by atomic mass is 16.5. The summed E-state index contributed by atoms with van der Waals surface area (Å²) in [5, 5.41) is 3.78. The molecular weight excluding hydrogens is 174 g/mol. The third kappa shape index (κ3) is 1.41. The Labute approximate surface area is 85.7 Å². The molecule has 5 unspecified atom stereocenters. The predicted molar refractivity (Wildman–Crippen MR) is 56.1 cm³/mol. The molecule has 78 valence electrons. The van der Waals surface area contributed by atoms with Crippen LogP contribution in [0.1, 0.15) is 26.2 Å². The third-order valence-electron chi connectivity index (χ3n) is 4.08. The lowest BCUT2D eigenvalue weighted by Crippen LogP contribution is -2.43. The lowest BCUT2D eigenvalue weighted by atomic mass is 9.99. The predicted octanol–water partition coefficient (Wildman–Crippen LogP) is 1.72. The van der Waals surface area contributed by atoms with Gasteiger partial charge in [-0.2, -0.15) is 0 Å². The van der Waals surface area contributed by atoms with Gasteiger partial charge in [0.25, 0.3) is 0 Å². The Kier molecular flexibility index (Phi) is 2.14. The molecule has 0 aromatic rings. The van der Waals surface area contributed by atoms with Crippen molar-refractivity contribution in [1.82, 2.24) is 5.32 Å². The van der Waals surface area contributed by atoms with Gasteiger partial charge in [-0.1, -0.05) is 12.2 Å². The highest BCUT2D eigenvalue weighted by Gasteiger charge is 2.38. The second-order valence-corrected chi connectivity index (χ2v) is 5.02. The molecule has 1 aliphatic heterocycles. The number of allylic oxidation sites excluding steroid dienone is 1. The van der Waals surface area contributed by atoms with Crippen LogP contribution in [0.4, 0.5) is 0 Å². The molecule has 0 aromatic carbocycles. The maximum atomic E-state index is 5.58. The van der Waals surface area contributed by atoms with Gasteiger partial charge in [-0.05, 0) is 38.0 Å². The summed E-state index contributed by atoms with van der Waals surface area (Å²) in [6.07, 6.45) is 9.16. The van der Waals surface area contributed by atoms with Crippen molar-refractivity contribution in [1.29, 1.82) is 0 Å². The maximum Gasteiger partial charge on any atom is 0.0700 e. The molecule has 2 bridgehead atoms. The van der Waals surface area contributed by atoms with E-state index < -0.39 is 0 Å². The van der Waals surface area contributed by atoms with Crippen molar-refractivity contribution in [2.45, 2.75) is 44.4 Å². The van der Waals surface area contributed by atoms with Crippen molar-refractivity contribution in [2.24, 2.45) is 11.8 Å². The van der Waals surface area contributed by atoms with Crippen LogP contribution in [-0.2, 0) is 4.74 Å². The Morgan fingerprint density at radius 2 is 2.14 bits per heavy atom. The summed E-state index contributed by atoms with van der Waals surface area (Å²) in [7, 11) is 0. The Morgan fingerprint density at radius 3 is 2.71 bits per heavy atom. The van der Waals surface area contributed by atoms with Crippen molar-refractivity contribution < 1.29 is 4.74 Å². The first-order valence-electron chi connectivity index (χ1n) is 5.89. The van der Waals surface area contributed by atoms with E-state index in [0.717, 1.165) is 24.5 Å². The van der Waals surface area contributed by atoms with E-state index in [1.807, 2.05) is 0 Å². The molecule has 5 atom stereocenters. The minimum absolute atomic E-state index is 0.415. The van der Waals surface area contributed by atoms with Crippen LogP contribution in [0, 0.1) is 11.8 Å². The first kappa shape index (κ1) is 8.93. The van der Waals surface area contributed by atoms with Gasteiger partial charge in [0.15, 0.2) is 0 Å². The van der Waals surface area contributed by atoms with Gasteiger partial charge < -0.3 is 10.1 Å². The Bertz CT molecular complexity index is 251. The zero-order chi connectivity index (χ0) is 9.54. The zero-order valence-electron chi connectivity index (χ0n) is 8.78. The van der Waals surface area contributed by atoms with Crippen LogP contribution in [0.5, 0.6) is 0 Å². The number of rotatable bonds is 2. The molecule has 2 aliphatic carbocycles. The SMILES string of the molecule is CC1OCCC1NC1CC2C=CC1C2. The van der Waals surface area contributed by atoms with Gasteiger partial charge in [-0.25, -0.2) is 0 Å². The molecule has 1 saturated carbocycles. The quantitative estimate of drug-likeness (QED) is 0.674. The summed E-state index contributed by atoms with van der Waals surface area (Å²) in [6, 6.07) is 1.34. The number of ether oxygens (including phenoxy) is 1. The molecule has 1 N–H and O–H groups in total. The summed E-state index contributed by atoms with van der Waals surface area (Å²) in [6.45, 7) is 3.13. The average Bonchev–Trinajstić information content (AvgIpc) is 2.83. The fourth-order valence-electron chi connectivity index (χ4n) is 3.20. The fraction of sp³-hybridized carbons (Fsp3) is 0.833. The molecule has 1 heterocycles. The van der Waals surface area contributed by atoms with Crippen LogP contribution in [0.25, 0.3) is 0 Å². The molecule has 3 aliphatic rings. The lowest BCUT2D eigenvalue weighted by molar-refractivity contribution is 0.110. The summed E-state index contributed by atoms with van der Waals surface area (Å²) < 4.78 is 5.58. The summed E-state index contributed by atoms with van der Waals surface area (Å²) in [5.41, 5.74) is 0. The molecule has 0 amide bonds. The Balaban J connectivity index is 1.60. The number of nitrogens with one attached hydrogen (secondary N) is 1. The molecule has 1 saturated heterocycles. The van der Waals surface area contributed by atoms with Gasteiger partial charge in [0.1, 0.15) is 0 Å². The maximum absolute atomic E-state index is 5.58. The smallest absolute Gasteiger partial charge is 0.0700 e. The lowest BCUT2D eigenvalue weighted by Gasteiger charge is -2.25. The van der Waals surface area contributed by atoms with Crippen LogP contribution in [0.15, 0.2) is 12.2 Å². The van der Waals surface area contributed by atoms with Crippen molar-refractivity contribution in [2.75, 3.05) is 6.61 Å². The number of fused-ring (bicyclic) bond motifs is 2. The molecular formula is C12H19NO. The van der Waals surface area contributed by atoms with Crippen LogP contribution >= 0.6 is 0 Å². The van der Waals surface area contributed by atoms with Gasteiger partial charge in [0.05, 0.1) is 6.10 Å². The van der Waals surface area contributed by atoms with Crippen LogP contribution in [0.3, 0.4) is 0 Å². The topological polar surface area (TPSA) is 21.3 Å². The first-order valence-corrected chi connectivity index (χ1v) is 5.89. The normalized spacial score (nSPS) is 50.5. The zero-order valence-corrected chi connectivity index (χ0v) is 8.78. The molecule has 2 heteroatoms. The van der Waals surface area contributed by atoms with Gasteiger partial charge in [-0.15, -0.1) is 0 Å². The fourth-order valence-corrected chi connectivity index (χ4v) is 3.20. The Hall–Kier alpha value is -0.340. The minimum Gasteiger partial charge on any atom is -0.377 e. The van der Waals surface area contributed by atoms with E-state index in [2.05, 4.69) is 24.4 Å². The second kappa shape index (κ2) is 3.35. The monoisotopic (exact) mass is 193 g/mol. The molecule has 2 nitrogen and oxygen atoms in total. The van der Waals surface area contributed by atoms with Crippen molar-refractivity contribution >= 4 is 0 Å². The molecule has 0 radical (unpaired) electrons. The highest BCUT2D eigenvalue weighted by Crippen LogP contribution is 2.39. The van der Waals surface area contributed by atoms with Crippen molar-refractivity contribution in [3.05, 3.63) is 12.2 Å². The Morgan fingerprint density at radius 1 is 1.21 bits per heavy atom. The van der Waals surface area contributed by atoms with E-state index in [4.69, 9.17) is 4.74 Å². The standard InChI is InChI=1S/C12H19NO/c1-8-11(4-5-14-8)13-12-7-9-2-3-10(12)6-9/h2-3,8-13H,4-7H2,1H3. The van der Waals surface area contributed by atoms with Gasteiger partial charge in [0.2, 0.25) is 0 Å². The summed E-state index contributed by atoms with van der Waals surface area (Å²) >= 11 is 0. The number of hydrogen-bond acceptors (Lipinski definition) is 2. The van der Waals surface area contributed by atoms with E-state index in [0.29, 0.717) is 12.1 Å². The largest absolute Gasteiger partial charge is 0.377 e. The van der Waals surface area contributed by atoms with E-state index in [1.165, 1.54) is 19.3 Å². The van der Waals surface area contributed by atoms with Crippen LogP contribution in [0.2, 0.25) is 0 Å². The first-order chi connectivity index (χ1) is 6.83.